The smallest absolute Gasteiger partial charge is 0.325 e. The minimum Gasteiger partial charge on any atom is -0.480 e. The second-order valence-electron chi connectivity index (χ2n) is 5.97. The van der Waals surface area contributed by atoms with Gasteiger partial charge in [-0.15, -0.1) is 5.10 Å². The van der Waals surface area contributed by atoms with Crippen molar-refractivity contribution in [1.29, 1.82) is 0 Å². The summed E-state index contributed by atoms with van der Waals surface area (Å²) in [7, 11) is 0. The standard InChI is InChI=1S/C15H24N4O3/c20-14(8-4-7-12-5-2-1-3-6-12)16-9-13-10-19(18-17-13)11-15(21)22/h10,12H,1-9,11H2,(H,16,20)(H,21,22). The fourth-order valence-corrected chi connectivity index (χ4v) is 2.94. The number of carbonyl (C=O) groups excluding carboxylic acids is 1. The molecule has 1 aliphatic carbocycles. The molecule has 1 amide bonds. The Balaban J connectivity index is 1.60. The maximum absolute atomic E-state index is 11.8. The van der Waals surface area contributed by atoms with Gasteiger partial charge >= 0.3 is 5.97 Å². The van der Waals surface area contributed by atoms with Gasteiger partial charge in [0.2, 0.25) is 5.91 Å². The van der Waals surface area contributed by atoms with Crippen molar-refractivity contribution in [1.82, 2.24) is 20.3 Å². The summed E-state index contributed by atoms with van der Waals surface area (Å²) in [6, 6.07) is 0. The minimum absolute atomic E-state index is 0.0172. The zero-order chi connectivity index (χ0) is 15.8. The Morgan fingerprint density at radius 3 is 2.82 bits per heavy atom. The molecule has 0 unspecified atom stereocenters. The Bertz CT molecular complexity index is 495. The molecular weight excluding hydrogens is 284 g/mol. The van der Waals surface area contributed by atoms with Gasteiger partial charge in [-0.2, -0.15) is 0 Å². The molecule has 0 aromatic carbocycles. The van der Waals surface area contributed by atoms with Crippen LogP contribution in [-0.2, 0) is 22.7 Å². The number of aromatic nitrogens is 3. The molecular formula is C15H24N4O3. The van der Waals surface area contributed by atoms with Gasteiger partial charge in [-0.1, -0.05) is 37.3 Å². The molecule has 1 aromatic rings. The molecule has 0 bridgehead atoms. The van der Waals surface area contributed by atoms with Crippen LogP contribution in [-0.4, -0.2) is 32.0 Å². The molecule has 0 saturated heterocycles. The molecule has 0 atom stereocenters. The van der Waals surface area contributed by atoms with E-state index in [1.165, 1.54) is 43.0 Å². The van der Waals surface area contributed by atoms with Crippen LogP contribution in [0, 0.1) is 5.92 Å². The van der Waals surface area contributed by atoms with Crippen LogP contribution in [0.2, 0.25) is 0 Å². The summed E-state index contributed by atoms with van der Waals surface area (Å²) in [6.45, 7) is 0.0736. The summed E-state index contributed by atoms with van der Waals surface area (Å²) in [5, 5.41) is 19.0. The van der Waals surface area contributed by atoms with Crippen molar-refractivity contribution in [3.05, 3.63) is 11.9 Å². The summed E-state index contributed by atoms with van der Waals surface area (Å²) in [5.74, 6) is -0.149. The van der Waals surface area contributed by atoms with Crippen molar-refractivity contribution in [3.8, 4) is 0 Å². The fourth-order valence-electron chi connectivity index (χ4n) is 2.94. The monoisotopic (exact) mass is 308 g/mol. The molecule has 1 aromatic heterocycles. The molecule has 0 spiro atoms. The minimum atomic E-state index is -0.969. The van der Waals surface area contributed by atoms with Crippen LogP contribution in [0.4, 0.5) is 0 Å². The molecule has 7 heteroatoms. The average molecular weight is 308 g/mol. The first kappa shape index (κ1) is 16.5. The van der Waals surface area contributed by atoms with Crippen LogP contribution in [0.1, 0.15) is 57.1 Å². The van der Waals surface area contributed by atoms with Crippen molar-refractivity contribution in [2.75, 3.05) is 0 Å². The molecule has 2 rings (SSSR count). The van der Waals surface area contributed by atoms with Crippen LogP contribution >= 0.6 is 0 Å². The average Bonchev–Trinajstić information content (AvgIpc) is 2.93. The Morgan fingerprint density at radius 2 is 2.09 bits per heavy atom. The molecule has 1 fully saturated rings. The van der Waals surface area contributed by atoms with Crippen LogP contribution in [0.5, 0.6) is 0 Å². The molecule has 1 saturated carbocycles. The van der Waals surface area contributed by atoms with E-state index >= 15 is 0 Å². The number of aliphatic carboxylic acids is 1. The Labute approximate surface area is 130 Å². The predicted molar refractivity (Wildman–Crippen MR) is 79.9 cm³/mol. The van der Waals surface area contributed by atoms with Crippen molar-refractivity contribution < 1.29 is 14.7 Å². The van der Waals surface area contributed by atoms with Gasteiger partial charge in [0, 0.05) is 6.42 Å². The zero-order valence-corrected chi connectivity index (χ0v) is 12.8. The number of amides is 1. The quantitative estimate of drug-likeness (QED) is 0.762. The summed E-state index contributed by atoms with van der Waals surface area (Å²) in [6.07, 6.45) is 10.8. The summed E-state index contributed by atoms with van der Waals surface area (Å²) in [5.41, 5.74) is 0.571. The number of hydrogen-bond donors (Lipinski definition) is 2. The van der Waals surface area contributed by atoms with E-state index in [4.69, 9.17) is 5.11 Å². The lowest BCUT2D eigenvalue weighted by Gasteiger charge is -2.21. The number of nitrogens with zero attached hydrogens (tertiary/aromatic N) is 3. The van der Waals surface area contributed by atoms with Gasteiger partial charge in [0.15, 0.2) is 0 Å². The maximum Gasteiger partial charge on any atom is 0.325 e. The maximum atomic E-state index is 11.8. The van der Waals surface area contributed by atoms with E-state index in [0.29, 0.717) is 18.7 Å². The Morgan fingerprint density at radius 1 is 1.32 bits per heavy atom. The third kappa shape index (κ3) is 5.83. The molecule has 0 aliphatic heterocycles. The predicted octanol–water partition coefficient (Wildman–Crippen LogP) is 1.73. The van der Waals surface area contributed by atoms with Crippen molar-refractivity contribution >= 4 is 11.9 Å². The molecule has 0 radical (unpaired) electrons. The Kier molecular flexibility index (Phi) is 6.36. The van der Waals surface area contributed by atoms with Crippen molar-refractivity contribution in [3.63, 3.8) is 0 Å². The van der Waals surface area contributed by atoms with Crippen molar-refractivity contribution in [2.45, 2.75) is 64.5 Å². The zero-order valence-electron chi connectivity index (χ0n) is 12.8. The van der Waals surface area contributed by atoms with E-state index in [9.17, 15) is 9.59 Å². The highest BCUT2D eigenvalue weighted by molar-refractivity contribution is 5.75. The van der Waals surface area contributed by atoms with E-state index < -0.39 is 5.97 Å². The number of nitrogens with one attached hydrogen (secondary N) is 1. The van der Waals surface area contributed by atoms with Gasteiger partial charge in [0.25, 0.3) is 0 Å². The van der Waals surface area contributed by atoms with E-state index in [1.807, 2.05) is 0 Å². The lowest BCUT2D eigenvalue weighted by Crippen LogP contribution is -2.22. The van der Waals surface area contributed by atoms with E-state index in [2.05, 4.69) is 15.6 Å². The number of carbonyl (C=O) groups is 2. The summed E-state index contributed by atoms with van der Waals surface area (Å²) < 4.78 is 1.24. The molecule has 1 aliphatic rings. The second kappa shape index (κ2) is 8.51. The third-order valence-electron chi connectivity index (χ3n) is 4.09. The normalized spacial score (nSPS) is 15.6. The SMILES string of the molecule is O=C(O)Cn1cc(CNC(=O)CCCC2CCCCC2)nn1. The van der Waals surface area contributed by atoms with Gasteiger partial charge in [-0.25, -0.2) is 4.68 Å². The Hall–Kier alpha value is -1.92. The van der Waals surface area contributed by atoms with Crippen LogP contribution in [0.3, 0.4) is 0 Å². The van der Waals surface area contributed by atoms with Gasteiger partial charge in [-0.3, -0.25) is 9.59 Å². The highest BCUT2D eigenvalue weighted by atomic mass is 16.4. The van der Waals surface area contributed by atoms with Crippen molar-refractivity contribution in [2.24, 2.45) is 5.92 Å². The highest BCUT2D eigenvalue weighted by Gasteiger charge is 2.13. The van der Waals surface area contributed by atoms with E-state index in [0.717, 1.165) is 18.8 Å². The molecule has 1 heterocycles. The molecule has 122 valence electrons. The number of rotatable bonds is 8. The molecule has 7 nitrogen and oxygen atoms in total. The van der Waals surface area contributed by atoms with Crippen LogP contribution in [0.15, 0.2) is 6.20 Å². The second-order valence-corrected chi connectivity index (χ2v) is 5.97. The summed E-state index contributed by atoms with van der Waals surface area (Å²) in [4.78, 5) is 22.3. The van der Waals surface area contributed by atoms with Gasteiger partial charge in [0.1, 0.15) is 12.2 Å². The number of carboxylic acids is 1. The molecule has 2 N–H and O–H groups in total. The van der Waals surface area contributed by atoms with E-state index in [-0.39, 0.29) is 12.5 Å². The largest absolute Gasteiger partial charge is 0.480 e. The number of hydrogen-bond acceptors (Lipinski definition) is 4. The third-order valence-corrected chi connectivity index (χ3v) is 4.09. The summed E-state index contributed by atoms with van der Waals surface area (Å²) >= 11 is 0. The lowest BCUT2D eigenvalue weighted by atomic mass is 9.86. The van der Waals surface area contributed by atoms with E-state index in [1.54, 1.807) is 0 Å². The first-order valence-electron chi connectivity index (χ1n) is 8.01. The fraction of sp³-hybridized carbons (Fsp3) is 0.733. The topological polar surface area (TPSA) is 97.1 Å². The first-order valence-corrected chi connectivity index (χ1v) is 8.01. The van der Waals surface area contributed by atoms with Gasteiger partial charge in [-0.05, 0) is 18.8 Å². The van der Waals surface area contributed by atoms with Crippen LogP contribution < -0.4 is 5.32 Å². The molecule has 22 heavy (non-hydrogen) atoms. The number of carboxylic acid groups (broad SMARTS) is 1. The lowest BCUT2D eigenvalue weighted by molar-refractivity contribution is -0.138. The van der Waals surface area contributed by atoms with Gasteiger partial charge in [0.05, 0.1) is 12.7 Å². The van der Waals surface area contributed by atoms with Crippen LogP contribution in [0.25, 0.3) is 0 Å². The first-order chi connectivity index (χ1) is 10.6. The highest BCUT2D eigenvalue weighted by Crippen LogP contribution is 2.27. The van der Waals surface area contributed by atoms with Gasteiger partial charge < -0.3 is 10.4 Å².